The fourth-order valence-electron chi connectivity index (χ4n) is 1.70. The quantitative estimate of drug-likeness (QED) is 0.662. The Morgan fingerprint density at radius 1 is 1.42 bits per heavy atom. The summed E-state index contributed by atoms with van der Waals surface area (Å²) in [5.74, 6) is 1.75. The van der Waals surface area contributed by atoms with E-state index in [4.69, 9.17) is 0 Å². The molecule has 1 heterocycles. The Balaban J connectivity index is 1.81. The third kappa shape index (κ3) is 1.15. The summed E-state index contributed by atoms with van der Waals surface area (Å²) < 4.78 is 2.18. The minimum Gasteiger partial charge on any atom is -0.268 e. The molecule has 0 unspecified atom stereocenters. The third-order valence-corrected chi connectivity index (χ3v) is 2.81. The van der Waals surface area contributed by atoms with Crippen molar-refractivity contribution in [2.75, 3.05) is 0 Å². The summed E-state index contributed by atoms with van der Waals surface area (Å²) in [6.45, 7) is 1.15. The molecule has 2 aliphatic rings. The van der Waals surface area contributed by atoms with Gasteiger partial charge in [0.1, 0.15) is 6.20 Å². The lowest BCUT2D eigenvalue weighted by molar-refractivity contribution is 0.539. The van der Waals surface area contributed by atoms with Crippen molar-refractivity contribution in [1.82, 2.24) is 9.78 Å². The van der Waals surface area contributed by atoms with Crippen LogP contribution in [0.1, 0.15) is 37.3 Å². The zero-order chi connectivity index (χ0) is 7.97. The molecule has 1 radical (unpaired) electrons. The van der Waals surface area contributed by atoms with Gasteiger partial charge in [-0.1, -0.05) is 0 Å². The maximum Gasteiger partial charge on any atom is 0.113 e. The fraction of sp³-hybridized carbons (Fsp3) is 0.700. The van der Waals surface area contributed by atoms with Crippen LogP contribution in [0.5, 0.6) is 0 Å². The molecule has 3 rings (SSSR count). The van der Waals surface area contributed by atoms with Gasteiger partial charge < -0.3 is 0 Å². The molecular weight excluding hydrogens is 148 g/mol. The fourth-order valence-corrected chi connectivity index (χ4v) is 1.70. The number of hydrogen-bond acceptors (Lipinski definition) is 1. The summed E-state index contributed by atoms with van der Waals surface area (Å²) in [7, 11) is 0. The van der Waals surface area contributed by atoms with Crippen LogP contribution in [-0.2, 0) is 6.54 Å². The van der Waals surface area contributed by atoms with Crippen molar-refractivity contribution >= 4 is 0 Å². The first-order valence-corrected chi connectivity index (χ1v) is 4.87. The van der Waals surface area contributed by atoms with Crippen LogP contribution in [-0.4, -0.2) is 9.78 Å². The molecule has 0 bridgehead atoms. The van der Waals surface area contributed by atoms with E-state index in [1.54, 1.807) is 0 Å². The van der Waals surface area contributed by atoms with E-state index < -0.39 is 0 Å². The molecule has 2 nitrogen and oxygen atoms in total. The molecule has 0 atom stereocenters. The maximum atomic E-state index is 4.25. The van der Waals surface area contributed by atoms with E-state index in [-0.39, 0.29) is 0 Å². The molecule has 0 aliphatic heterocycles. The van der Waals surface area contributed by atoms with Gasteiger partial charge in [0.2, 0.25) is 0 Å². The average Bonchev–Trinajstić information content (AvgIpc) is 2.93. The van der Waals surface area contributed by atoms with Crippen molar-refractivity contribution in [3.63, 3.8) is 0 Å². The molecule has 2 heteroatoms. The van der Waals surface area contributed by atoms with Crippen LogP contribution >= 0.6 is 0 Å². The zero-order valence-electron chi connectivity index (χ0n) is 7.16. The molecule has 2 saturated carbocycles. The van der Waals surface area contributed by atoms with Crippen LogP contribution in [0.2, 0.25) is 0 Å². The number of aromatic nitrogens is 2. The molecule has 12 heavy (non-hydrogen) atoms. The van der Waals surface area contributed by atoms with Crippen LogP contribution in [0, 0.1) is 12.1 Å². The largest absolute Gasteiger partial charge is 0.268 e. The summed E-state index contributed by atoms with van der Waals surface area (Å²) in [5, 5.41) is 4.25. The second-order valence-electron chi connectivity index (χ2n) is 4.10. The monoisotopic (exact) mass is 161 g/mol. The predicted octanol–water partition coefficient (Wildman–Crippen LogP) is 1.97. The summed E-state index contributed by atoms with van der Waals surface area (Å²) in [6, 6.07) is 2.07. The van der Waals surface area contributed by atoms with Gasteiger partial charge in [-0.3, -0.25) is 4.68 Å². The molecule has 2 aliphatic carbocycles. The molecule has 2 fully saturated rings. The normalized spacial score (nSPS) is 23.0. The van der Waals surface area contributed by atoms with Gasteiger partial charge in [0.15, 0.2) is 0 Å². The van der Waals surface area contributed by atoms with Crippen molar-refractivity contribution in [3.8, 4) is 0 Å². The van der Waals surface area contributed by atoms with E-state index in [0.717, 1.165) is 18.4 Å². The topological polar surface area (TPSA) is 17.8 Å². The summed E-state index contributed by atoms with van der Waals surface area (Å²) >= 11 is 0. The lowest BCUT2D eigenvalue weighted by Gasteiger charge is -2.03. The van der Waals surface area contributed by atoms with Crippen molar-refractivity contribution in [1.29, 1.82) is 0 Å². The van der Waals surface area contributed by atoms with E-state index in [1.807, 2.05) is 0 Å². The molecule has 1 aromatic heterocycles. The third-order valence-electron chi connectivity index (χ3n) is 2.81. The van der Waals surface area contributed by atoms with Gasteiger partial charge in [-0.25, -0.2) is 0 Å². The number of rotatable bonds is 3. The van der Waals surface area contributed by atoms with Crippen molar-refractivity contribution in [2.45, 2.75) is 38.1 Å². The van der Waals surface area contributed by atoms with Gasteiger partial charge in [-0.2, -0.15) is 5.10 Å². The highest BCUT2D eigenvalue weighted by Gasteiger charge is 2.29. The van der Waals surface area contributed by atoms with Gasteiger partial charge in [0, 0.05) is 18.2 Å². The molecular formula is C10H13N2. The lowest BCUT2D eigenvalue weighted by atomic mass is 10.3. The highest BCUT2D eigenvalue weighted by atomic mass is 15.3. The Labute approximate surface area is 72.6 Å². The van der Waals surface area contributed by atoms with E-state index >= 15 is 0 Å². The Morgan fingerprint density at radius 3 is 2.92 bits per heavy atom. The Morgan fingerprint density at radius 2 is 2.25 bits per heavy atom. The van der Waals surface area contributed by atoms with Crippen molar-refractivity contribution in [2.24, 2.45) is 5.92 Å². The molecule has 0 saturated heterocycles. The minimum absolute atomic E-state index is 0.822. The lowest BCUT2D eigenvalue weighted by Crippen LogP contribution is -2.05. The first-order chi connectivity index (χ1) is 5.93. The van der Waals surface area contributed by atoms with Gasteiger partial charge >= 0.3 is 0 Å². The van der Waals surface area contributed by atoms with E-state index in [1.165, 1.54) is 31.4 Å². The van der Waals surface area contributed by atoms with Crippen LogP contribution < -0.4 is 0 Å². The highest BCUT2D eigenvalue weighted by Crippen LogP contribution is 2.40. The average molecular weight is 161 g/mol. The second kappa shape index (κ2) is 2.35. The Hall–Kier alpha value is -0.790. The van der Waals surface area contributed by atoms with Crippen LogP contribution in [0.3, 0.4) is 0 Å². The second-order valence-corrected chi connectivity index (χ2v) is 4.10. The van der Waals surface area contributed by atoms with Crippen LogP contribution in [0.4, 0.5) is 0 Å². The van der Waals surface area contributed by atoms with Crippen molar-refractivity contribution in [3.05, 3.63) is 18.0 Å². The van der Waals surface area contributed by atoms with Gasteiger partial charge in [0.05, 0.1) is 0 Å². The standard InChI is InChI=1S/C10H13N2/c1-2-8(1)7-12-10(5-6-11-12)9-3-4-9/h5,8-9H,1-4,7H2. The van der Waals surface area contributed by atoms with E-state index in [0.29, 0.717) is 0 Å². The summed E-state index contributed by atoms with van der Waals surface area (Å²) in [4.78, 5) is 0. The van der Waals surface area contributed by atoms with E-state index in [2.05, 4.69) is 22.0 Å². The minimum atomic E-state index is 0.822. The van der Waals surface area contributed by atoms with Crippen LogP contribution in [0.25, 0.3) is 0 Å². The first-order valence-electron chi connectivity index (χ1n) is 4.87. The van der Waals surface area contributed by atoms with Crippen LogP contribution in [0.15, 0.2) is 6.07 Å². The number of nitrogens with zero attached hydrogens (tertiary/aromatic N) is 2. The summed E-state index contributed by atoms with van der Waals surface area (Å²) in [5.41, 5.74) is 1.43. The molecule has 0 aromatic carbocycles. The molecule has 63 valence electrons. The first kappa shape index (κ1) is 6.70. The molecule has 0 N–H and O–H groups in total. The zero-order valence-corrected chi connectivity index (χ0v) is 7.16. The smallest absolute Gasteiger partial charge is 0.113 e. The molecule has 0 spiro atoms. The van der Waals surface area contributed by atoms with Gasteiger partial charge in [-0.05, 0) is 37.7 Å². The van der Waals surface area contributed by atoms with Crippen molar-refractivity contribution < 1.29 is 0 Å². The summed E-state index contributed by atoms with van der Waals surface area (Å²) in [6.07, 6.45) is 8.51. The Bertz CT molecular complexity index is 282. The SMILES string of the molecule is [c]1cc(C2CC2)n(CC2CC2)n1. The van der Waals surface area contributed by atoms with Gasteiger partial charge in [-0.15, -0.1) is 0 Å². The maximum absolute atomic E-state index is 4.25. The molecule has 0 amide bonds. The van der Waals surface area contributed by atoms with E-state index in [9.17, 15) is 0 Å². The van der Waals surface area contributed by atoms with Gasteiger partial charge in [0.25, 0.3) is 0 Å². The molecule has 1 aromatic rings. The predicted molar refractivity (Wildman–Crippen MR) is 45.8 cm³/mol. The number of hydrogen-bond donors (Lipinski definition) is 0. The highest BCUT2D eigenvalue weighted by molar-refractivity contribution is 5.13. The Kier molecular flexibility index (Phi) is 1.31.